The van der Waals surface area contributed by atoms with E-state index >= 15 is 0 Å². The summed E-state index contributed by atoms with van der Waals surface area (Å²) < 4.78 is 11.2. The van der Waals surface area contributed by atoms with E-state index in [1.54, 1.807) is 42.5 Å². The molecule has 0 spiro atoms. The van der Waals surface area contributed by atoms with Crippen molar-refractivity contribution in [2.75, 3.05) is 19.7 Å². The van der Waals surface area contributed by atoms with Crippen molar-refractivity contribution in [2.24, 2.45) is 5.10 Å². The number of hydrazone groups is 1. The van der Waals surface area contributed by atoms with Gasteiger partial charge in [0.15, 0.2) is 6.61 Å². The fraction of sp³-hybridized carbons (Fsp3) is 0.385. The molecule has 3 rings (SSSR count). The predicted octanol–water partition coefficient (Wildman–Crippen LogP) is 2.48. The molecule has 1 unspecified atom stereocenters. The molecule has 37 heavy (non-hydrogen) atoms. The molecule has 0 saturated heterocycles. The van der Waals surface area contributed by atoms with Crippen molar-refractivity contribution in [2.45, 2.75) is 44.9 Å². The fourth-order valence-electron chi connectivity index (χ4n) is 3.38. The van der Waals surface area contributed by atoms with Crippen molar-refractivity contribution in [1.29, 1.82) is 5.26 Å². The summed E-state index contributed by atoms with van der Waals surface area (Å²) in [6.07, 6.45) is 0.878. The third kappa shape index (κ3) is 8.46. The third-order valence-corrected chi connectivity index (χ3v) is 5.78. The summed E-state index contributed by atoms with van der Waals surface area (Å²) in [5.41, 5.74) is 3.67. The number of para-hydroxylation sites is 1. The molecule has 11 heteroatoms. The average molecular weight is 528 g/mol. The minimum Gasteiger partial charge on any atom is -0.482 e. The van der Waals surface area contributed by atoms with Crippen molar-refractivity contribution in [1.82, 2.24) is 16.1 Å². The number of rotatable bonds is 11. The zero-order valence-electron chi connectivity index (χ0n) is 20.9. The highest BCUT2D eigenvalue weighted by Crippen LogP contribution is 2.27. The van der Waals surface area contributed by atoms with Gasteiger partial charge in [0.1, 0.15) is 17.6 Å². The number of β-amino-alcohol motifs (C(OH)–C–C–N with tert-alkyl or cyclic N) is 1. The molecular formula is C26H30ClN5O5. The Labute approximate surface area is 220 Å². The van der Waals surface area contributed by atoms with Gasteiger partial charge in [-0.15, -0.1) is 0 Å². The highest BCUT2D eigenvalue weighted by atomic mass is 35.5. The van der Waals surface area contributed by atoms with Crippen molar-refractivity contribution in [3.63, 3.8) is 0 Å². The van der Waals surface area contributed by atoms with Crippen LogP contribution in [0, 0.1) is 11.3 Å². The van der Waals surface area contributed by atoms with E-state index < -0.39 is 11.3 Å². The number of nitrogens with one attached hydrogen (secondary N) is 3. The first-order valence-electron chi connectivity index (χ1n) is 11.7. The average Bonchev–Trinajstić information content (AvgIpc) is 2.86. The molecule has 2 aromatic rings. The lowest BCUT2D eigenvalue weighted by Crippen LogP contribution is -2.55. The molecule has 0 saturated carbocycles. The SMILES string of the molecule is CC(C)(CNC(=O)COc1ccc(C2=NNC(=O)CC2)cc1Cl)NCC(C)(O)Oc1ccccc1C#N. The second-order valence-corrected chi connectivity index (χ2v) is 9.83. The highest BCUT2D eigenvalue weighted by molar-refractivity contribution is 6.32. The Morgan fingerprint density at radius 2 is 1.95 bits per heavy atom. The predicted molar refractivity (Wildman–Crippen MR) is 138 cm³/mol. The van der Waals surface area contributed by atoms with E-state index in [9.17, 15) is 20.0 Å². The van der Waals surface area contributed by atoms with Crippen LogP contribution >= 0.6 is 11.6 Å². The maximum atomic E-state index is 12.4. The zero-order chi connectivity index (χ0) is 27.1. The number of aliphatic hydroxyl groups is 1. The van der Waals surface area contributed by atoms with Crippen LogP contribution < -0.4 is 25.5 Å². The summed E-state index contributed by atoms with van der Waals surface area (Å²) in [6.45, 7) is 5.26. The largest absolute Gasteiger partial charge is 0.482 e. The normalized spacial score (nSPS) is 15.0. The molecule has 4 N–H and O–H groups in total. The first kappa shape index (κ1) is 27.9. The van der Waals surface area contributed by atoms with Crippen molar-refractivity contribution in [3.05, 3.63) is 58.6 Å². The van der Waals surface area contributed by atoms with Gasteiger partial charge >= 0.3 is 0 Å². The number of amides is 2. The van der Waals surface area contributed by atoms with Gasteiger partial charge in [-0.2, -0.15) is 10.4 Å². The Balaban J connectivity index is 1.45. The second-order valence-electron chi connectivity index (χ2n) is 9.43. The molecule has 0 fully saturated rings. The van der Waals surface area contributed by atoms with Crippen molar-refractivity contribution in [3.8, 4) is 17.6 Å². The number of ether oxygens (including phenoxy) is 2. The van der Waals surface area contributed by atoms with E-state index in [-0.39, 0.29) is 37.3 Å². The molecule has 10 nitrogen and oxygen atoms in total. The van der Waals surface area contributed by atoms with Crippen LogP contribution in [0.25, 0.3) is 0 Å². The molecule has 0 aliphatic carbocycles. The van der Waals surface area contributed by atoms with Gasteiger partial charge in [-0.3, -0.25) is 9.59 Å². The van der Waals surface area contributed by atoms with E-state index in [4.69, 9.17) is 21.1 Å². The van der Waals surface area contributed by atoms with Gasteiger partial charge in [-0.25, -0.2) is 5.43 Å². The fourth-order valence-corrected chi connectivity index (χ4v) is 3.62. The van der Waals surface area contributed by atoms with E-state index in [1.807, 2.05) is 19.9 Å². The van der Waals surface area contributed by atoms with Crippen LogP contribution in [0.4, 0.5) is 0 Å². The summed E-state index contributed by atoms with van der Waals surface area (Å²) in [5.74, 6) is -1.43. The first-order valence-corrected chi connectivity index (χ1v) is 12.1. The van der Waals surface area contributed by atoms with Gasteiger partial charge in [-0.05, 0) is 49.7 Å². The first-order chi connectivity index (χ1) is 17.5. The minimum atomic E-state index is -1.59. The van der Waals surface area contributed by atoms with Crippen LogP contribution in [0.1, 0.15) is 44.7 Å². The lowest BCUT2D eigenvalue weighted by atomic mass is 10.0. The smallest absolute Gasteiger partial charge is 0.258 e. The lowest BCUT2D eigenvalue weighted by Gasteiger charge is -2.32. The minimum absolute atomic E-state index is 0.0447. The van der Waals surface area contributed by atoms with Crippen LogP contribution in [-0.2, 0) is 9.59 Å². The topological polar surface area (TPSA) is 145 Å². The zero-order valence-corrected chi connectivity index (χ0v) is 21.7. The second kappa shape index (κ2) is 12.1. The maximum Gasteiger partial charge on any atom is 0.258 e. The van der Waals surface area contributed by atoms with E-state index in [2.05, 4.69) is 21.2 Å². The van der Waals surface area contributed by atoms with E-state index in [0.29, 0.717) is 29.2 Å². The van der Waals surface area contributed by atoms with Crippen LogP contribution in [0.5, 0.6) is 11.5 Å². The third-order valence-electron chi connectivity index (χ3n) is 5.49. The Bertz CT molecular complexity index is 1220. The van der Waals surface area contributed by atoms with E-state index in [1.165, 1.54) is 6.92 Å². The van der Waals surface area contributed by atoms with Gasteiger partial charge in [0, 0.05) is 31.8 Å². The number of halogens is 1. The summed E-state index contributed by atoms with van der Waals surface area (Å²) in [5, 5.41) is 30.2. The van der Waals surface area contributed by atoms with Gasteiger partial charge in [0.2, 0.25) is 11.7 Å². The molecule has 0 bridgehead atoms. The van der Waals surface area contributed by atoms with Crippen LogP contribution in [0.3, 0.4) is 0 Å². The standard InChI is InChI=1S/C26H30ClN5O5/c1-25(2,30-16-26(3,35)37-21-7-5-4-6-18(21)13-28)15-29-24(34)14-36-22-10-8-17(12-19(22)27)20-9-11-23(33)32-31-20/h4-8,10,12,30,35H,9,11,14-16H2,1-3H3,(H,29,34)(H,32,33). The van der Waals surface area contributed by atoms with Crippen LogP contribution in [-0.4, -0.2) is 53.7 Å². The number of carbonyl (C=O) groups excluding carboxylic acids is 2. The Morgan fingerprint density at radius 1 is 1.19 bits per heavy atom. The van der Waals surface area contributed by atoms with Gasteiger partial charge < -0.3 is 25.2 Å². The maximum absolute atomic E-state index is 12.4. The van der Waals surface area contributed by atoms with Crippen LogP contribution in [0.15, 0.2) is 47.6 Å². The molecule has 1 aliphatic rings. The summed E-state index contributed by atoms with van der Waals surface area (Å²) >= 11 is 6.31. The Morgan fingerprint density at radius 3 is 2.62 bits per heavy atom. The Kier molecular flexibility index (Phi) is 9.10. The monoisotopic (exact) mass is 527 g/mol. The summed E-state index contributed by atoms with van der Waals surface area (Å²) in [7, 11) is 0. The van der Waals surface area contributed by atoms with Gasteiger partial charge in [0.25, 0.3) is 5.91 Å². The molecule has 196 valence electrons. The van der Waals surface area contributed by atoms with Crippen LogP contribution in [0.2, 0.25) is 5.02 Å². The highest BCUT2D eigenvalue weighted by Gasteiger charge is 2.28. The summed E-state index contributed by atoms with van der Waals surface area (Å²) in [6, 6.07) is 13.8. The summed E-state index contributed by atoms with van der Waals surface area (Å²) in [4.78, 5) is 23.6. The molecule has 1 aliphatic heterocycles. The number of benzene rings is 2. The number of carbonyl (C=O) groups is 2. The van der Waals surface area contributed by atoms with Crippen molar-refractivity contribution >= 4 is 29.1 Å². The van der Waals surface area contributed by atoms with E-state index in [0.717, 1.165) is 11.3 Å². The van der Waals surface area contributed by atoms with Crippen molar-refractivity contribution < 1.29 is 24.2 Å². The number of hydrogen-bond donors (Lipinski definition) is 4. The number of nitrogens with zero attached hydrogens (tertiary/aromatic N) is 2. The van der Waals surface area contributed by atoms with Gasteiger partial charge in [-0.1, -0.05) is 23.7 Å². The molecule has 2 amide bonds. The molecular weight excluding hydrogens is 498 g/mol. The number of hydrogen-bond acceptors (Lipinski definition) is 8. The molecule has 2 aromatic carbocycles. The molecule has 1 heterocycles. The molecule has 0 aromatic heterocycles. The molecule has 0 radical (unpaired) electrons. The molecule has 1 atom stereocenters. The quantitative estimate of drug-likeness (QED) is 0.328. The van der Waals surface area contributed by atoms with Gasteiger partial charge in [0.05, 0.1) is 22.8 Å². The number of nitriles is 1. The Hall–Kier alpha value is -3.65. The lowest BCUT2D eigenvalue weighted by molar-refractivity contribution is -0.124.